The van der Waals surface area contributed by atoms with Crippen LogP contribution in [0.1, 0.15) is 37.8 Å². The predicted octanol–water partition coefficient (Wildman–Crippen LogP) is 1.59. The van der Waals surface area contributed by atoms with Gasteiger partial charge in [-0.3, -0.25) is 9.59 Å². The normalized spacial score (nSPS) is 10.9. The van der Waals surface area contributed by atoms with Crippen LogP contribution in [-0.2, 0) is 15.0 Å². The molecule has 0 saturated heterocycles. The first kappa shape index (κ1) is 16.8. The average molecular weight is 244 g/mol. The van der Waals surface area contributed by atoms with Crippen LogP contribution in [0.25, 0.3) is 0 Å². The molecule has 4 nitrogen and oxygen atoms in total. The number of rotatable bonds is 3. The summed E-state index contributed by atoms with van der Waals surface area (Å²) in [6, 6.07) is 6.67. The summed E-state index contributed by atoms with van der Waals surface area (Å²) in [5.74, 6) is -4.19. The summed E-state index contributed by atoms with van der Waals surface area (Å²) in [6.07, 6.45) is 0. The Morgan fingerprint density at radius 2 is 1.39 bits per heavy atom. The summed E-state index contributed by atoms with van der Waals surface area (Å²) in [7, 11) is 0. The van der Waals surface area contributed by atoms with Crippen LogP contribution >= 0.6 is 0 Å². The molecule has 0 fully saturated rings. The molecule has 0 amide bonds. The zero-order valence-corrected chi connectivity index (χ0v) is 10.1. The third kappa shape index (κ3) is 3.90. The molecule has 0 aliphatic carbocycles. The molecule has 94 valence electrons. The van der Waals surface area contributed by atoms with Crippen LogP contribution in [0.3, 0.4) is 0 Å². The van der Waals surface area contributed by atoms with Gasteiger partial charge >= 0.3 is 30.8 Å². The first-order chi connectivity index (χ1) is 7.73. The topological polar surface area (TPSA) is 74.6 Å². The maximum atomic E-state index is 10.8. The Kier molecular flexibility index (Phi) is 5.66. The Balaban J connectivity index is 0.00000289. The number of carboxylic acids is 2. The predicted molar refractivity (Wildman–Crippen MR) is 70.3 cm³/mol. The summed E-state index contributed by atoms with van der Waals surface area (Å²) in [5.41, 5.74) is 1.29. The Morgan fingerprint density at radius 3 is 1.67 bits per heavy atom. The van der Waals surface area contributed by atoms with Crippen molar-refractivity contribution in [2.75, 3.05) is 0 Å². The van der Waals surface area contributed by atoms with Gasteiger partial charge in [-0.05, 0) is 16.5 Å². The molecular formula is C13H17LiO4. The summed E-state index contributed by atoms with van der Waals surface area (Å²) in [6.45, 7) is 6.11. The number of hydrogen-bond donors (Lipinski definition) is 2. The van der Waals surface area contributed by atoms with Gasteiger partial charge in [-0.2, -0.15) is 0 Å². The van der Waals surface area contributed by atoms with Crippen LogP contribution in [-0.4, -0.2) is 41.0 Å². The summed E-state index contributed by atoms with van der Waals surface area (Å²) in [5, 5.41) is 17.7. The maximum absolute atomic E-state index is 10.8. The Labute approximate surface area is 118 Å². The third-order valence-electron chi connectivity index (χ3n) is 2.60. The van der Waals surface area contributed by atoms with E-state index in [1.807, 2.05) is 20.8 Å². The minimum atomic E-state index is -1.50. The molecule has 0 aliphatic heterocycles. The first-order valence-electron chi connectivity index (χ1n) is 5.29. The van der Waals surface area contributed by atoms with Crippen molar-refractivity contribution in [3.8, 4) is 0 Å². The molecule has 0 heterocycles. The van der Waals surface area contributed by atoms with Gasteiger partial charge in [0.1, 0.15) is 0 Å². The minimum absolute atomic E-state index is 0. The number of benzene rings is 1. The van der Waals surface area contributed by atoms with Crippen molar-refractivity contribution >= 4 is 30.8 Å². The van der Waals surface area contributed by atoms with Gasteiger partial charge in [0, 0.05) is 0 Å². The van der Waals surface area contributed by atoms with E-state index in [1.165, 1.54) is 0 Å². The fraction of sp³-hybridized carbons (Fsp3) is 0.385. The number of carbonyl (C=O) groups is 2. The third-order valence-corrected chi connectivity index (χ3v) is 2.60. The number of carboxylic acid groups (broad SMARTS) is 2. The van der Waals surface area contributed by atoms with Gasteiger partial charge in [0.25, 0.3) is 0 Å². The van der Waals surface area contributed by atoms with E-state index in [0.29, 0.717) is 0 Å². The quantitative estimate of drug-likeness (QED) is 0.625. The van der Waals surface area contributed by atoms with Gasteiger partial charge < -0.3 is 10.2 Å². The van der Waals surface area contributed by atoms with E-state index in [-0.39, 0.29) is 29.8 Å². The molecule has 1 rings (SSSR count). The SMILES string of the molecule is CC(C)(C)c1ccc(C(C(=O)O)C(=O)O)cc1.[LiH]. The standard InChI is InChI=1S/C13H16O4.Li.H/c1-13(2,3)9-6-4-8(5-7-9)10(11(14)15)12(16)17;;/h4-7,10H,1-3H3,(H,14,15)(H,16,17);;. The summed E-state index contributed by atoms with van der Waals surface area (Å²) < 4.78 is 0. The van der Waals surface area contributed by atoms with Gasteiger partial charge in [-0.15, -0.1) is 0 Å². The second-order valence-electron chi connectivity index (χ2n) is 4.98. The van der Waals surface area contributed by atoms with Crippen LogP contribution in [0, 0.1) is 0 Å². The van der Waals surface area contributed by atoms with Crippen LogP contribution in [0.2, 0.25) is 0 Å². The zero-order chi connectivity index (χ0) is 13.2. The number of hydrogen-bond acceptors (Lipinski definition) is 2. The van der Waals surface area contributed by atoms with E-state index in [1.54, 1.807) is 24.3 Å². The summed E-state index contributed by atoms with van der Waals surface area (Å²) in [4.78, 5) is 21.7. The second-order valence-corrected chi connectivity index (χ2v) is 4.98. The zero-order valence-electron chi connectivity index (χ0n) is 10.1. The van der Waals surface area contributed by atoms with Crippen LogP contribution in [0.4, 0.5) is 0 Å². The summed E-state index contributed by atoms with van der Waals surface area (Å²) >= 11 is 0. The Morgan fingerprint density at radius 1 is 1.00 bits per heavy atom. The molecule has 0 saturated carbocycles. The fourth-order valence-corrected chi connectivity index (χ4v) is 1.57. The number of aliphatic carboxylic acids is 2. The Hall–Kier alpha value is -1.24. The van der Waals surface area contributed by atoms with Crippen molar-refractivity contribution in [3.63, 3.8) is 0 Å². The van der Waals surface area contributed by atoms with E-state index < -0.39 is 17.9 Å². The van der Waals surface area contributed by atoms with Crippen molar-refractivity contribution in [1.29, 1.82) is 0 Å². The van der Waals surface area contributed by atoms with Crippen LogP contribution in [0.15, 0.2) is 24.3 Å². The van der Waals surface area contributed by atoms with Gasteiger partial charge in [-0.1, -0.05) is 45.0 Å². The molecule has 0 spiro atoms. The molecule has 0 unspecified atom stereocenters. The van der Waals surface area contributed by atoms with Gasteiger partial charge in [-0.25, -0.2) is 0 Å². The molecular weight excluding hydrogens is 227 g/mol. The first-order valence-corrected chi connectivity index (χ1v) is 5.29. The van der Waals surface area contributed by atoms with Crippen molar-refractivity contribution in [1.82, 2.24) is 0 Å². The van der Waals surface area contributed by atoms with E-state index >= 15 is 0 Å². The molecule has 0 radical (unpaired) electrons. The van der Waals surface area contributed by atoms with Gasteiger partial charge in [0.2, 0.25) is 0 Å². The van der Waals surface area contributed by atoms with Crippen molar-refractivity contribution < 1.29 is 19.8 Å². The van der Waals surface area contributed by atoms with Crippen molar-refractivity contribution in [2.45, 2.75) is 32.1 Å². The van der Waals surface area contributed by atoms with E-state index in [4.69, 9.17) is 10.2 Å². The van der Waals surface area contributed by atoms with Gasteiger partial charge in [0.05, 0.1) is 0 Å². The molecule has 18 heavy (non-hydrogen) atoms. The fourth-order valence-electron chi connectivity index (χ4n) is 1.57. The molecule has 0 aromatic heterocycles. The van der Waals surface area contributed by atoms with Crippen molar-refractivity contribution in [3.05, 3.63) is 35.4 Å². The monoisotopic (exact) mass is 244 g/mol. The molecule has 2 N–H and O–H groups in total. The molecule has 0 bridgehead atoms. The average Bonchev–Trinajstić information content (AvgIpc) is 2.15. The van der Waals surface area contributed by atoms with Crippen molar-refractivity contribution in [2.24, 2.45) is 0 Å². The Bertz CT molecular complexity index is 417. The molecule has 5 heteroatoms. The van der Waals surface area contributed by atoms with Crippen LogP contribution < -0.4 is 0 Å². The molecule has 0 atom stereocenters. The molecule has 0 aliphatic rings. The molecule has 1 aromatic carbocycles. The van der Waals surface area contributed by atoms with E-state index in [9.17, 15) is 9.59 Å². The van der Waals surface area contributed by atoms with E-state index in [2.05, 4.69) is 0 Å². The van der Waals surface area contributed by atoms with E-state index in [0.717, 1.165) is 5.56 Å². The van der Waals surface area contributed by atoms with Gasteiger partial charge in [0.15, 0.2) is 5.92 Å². The molecule has 1 aromatic rings. The second kappa shape index (κ2) is 6.08. The van der Waals surface area contributed by atoms with Crippen LogP contribution in [0.5, 0.6) is 0 Å².